The fourth-order valence-corrected chi connectivity index (χ4v) is 11.4. The molecule has 1 amide bonds. The Morgan fingerprint density at radius 1 is 1.10 bits per heavy atom. The van der Waals surface area contributed by atoms with Crippen molar-refractivity contribution in [3.63, 3.8) is 0 Å². The molecule has 4 fully saturated rings. The highest BCUT2D eigenvalue weighted by Gasteiger charge is 2.61. The molecule has 1 aromatic rings. The summed E-state index contributed by atoms with van der Waals surface area (Å²) in [5.74, 6) is 4.80. The summed E-state index contributed by atoms with van der Waals surface area (Å²) >= 11 is 0. The van der Waals surface area contributed by atoms with Crippen molar-refractivity contribution in [1.29, 1.82) is 5.26 Å². The Labute approximate surface area is 235 Å². The predicted molar refractivity (Wildman–Crippen MR) is 152 cm³/mol. The van der Waals surface area contributed by atoms with Crippen LogP contribution in [0.2, 0.25) is 0 Å². The maximum Gasteiger partial charge on any atom is 0.281 e. The first kappa shape index (κ1) is 28.6. The fraction of sp³-hybridized carbons (Fsp3) is 0.781. The van der Waals surface area contributed by atoms with E-state index in [9.17, 15) is 13.2 Å². The van der Waals surface area contributed by atoms with E-state index in [1.54, 1.807) is 0 Å². The number of hydrogen-bond donors (Lipinski definition) is 1. The maximum absolute atomic E-state index is 12.7. The van der Waals surface area contributed by atoms with Gasteiger partial charge in [-0.3, -0.25) is 4.79 Å². The number of nitriles is 1. The SMILES string of the molecule is CC[C@H]1CC2C3CC[C@H]([C@H](C)CCC(=O)NS(=O)(=O)c4ccc(C#N)cn4)[C@@]3(C)CCC2[C@@]2(C)CCCC[C@@H]12. The van der Waals surface area contributed by atoms with Gasteiger partial charge in [-0.15, -0.1) is 0 Å². The van der Waals surface area contributed by atoms with Gasteiger partial charge >= 0.3 is 0 Å². The van der Waals surface area contributed by atoms with Gasteiger partial charge in [-0.25, -0.2) is 9.71 Å². The molecule has 0 bridgehead atoms. The van der Waals surface area contributed by atoms with E-state index >= 15 is 0 Å². The second-order valence-corrected chi connectivity index (χ2v) is 15.5. The van der Waals surface area contributed by atoms with Crippen molar-refractivity contribution >= 4 is 15.9 Å². The van der Waals surface area contributed by atoms with Crippen molar-refractivity contribution in [1.82, 2.24) is 9.71 Å². The standard InChI is InChI=1S/C32H47N3O3S/c1-5-23-18-24-27-12-11-25(32(27,4)17-15-28(24)31(3)16-7-6-8-26(23)31)21(2)9-13-29(36)35-39(37,38)30-14-10-22(19-33)20-34-30/h10,14,20-21,23-28H,5-9,11-13,15-18H2,1-4H3,(H,35,36)/t21-,23+,24?,25-,26+,27?,28?,31+,32-/m1/s1. The predicted octanol–water partition coefficient (Wildman–Crippen LogP) is 6.86. The molecular formula is C32H47N3O3S. The van der Waals surface area contributed by atoms with Crippen LogP contribution in [0.25, 0.3) is 0 Å². The number of amides is 1. The monoisotopic (exact) mass is 553 g/mol. The highest BCUT2D eigenvalue weighted by Crippen LogP contribution is 2.69. The van der Waals surface area contributed by atoms with Crippen molar-refractivity contribution in [2.75, 3.05) is 0 Å². The average Bonchev–Trinajstić information content (AvgIpc) is 3.28. The van der Waals surface area contributed by atoms with Gasteiger partial charge in [0, 0.05) is 12.6 Å². The third-order valence-corrected chi connectivity index (χ3v) is 13.5. The lowest BCUT2D eigenvalue weighted by Crippen LogP contribution is -2.55. The van der Waals surface area contributed by atoms with Gasteiger partial charge in [0.25, 0.3) is 10.0 Å². The molecule has 4 aliphatic carbocycles. The van der Waals surface area contributed by atoms with Gasteiger partial charge in [0.05, 0.1) is 5.56 Å². The van der Waals surface area contributed by atoms with Crippen molar-refractivity contribution in [3.05, 3.63) is 23.9 Å². The Morgan fingerprint density at radius 3 is 2.56 bits per heavy atom. The Kier molecular flexibility index (Phi) is 7.92. The number of aromatic nitrogens is 1. The van der Waals surface area contributed by atoms with E-state index in [0.717, 1.165) is 29.6 Å². The smallest absolute Gasteiger partial charge is 0.274 e. The summed E-state index contributed by atoms with van der Waals surface area (Å²) in [5, 5.41) is 8.67. The number of pyridine rings is 1. The van der Waals surface area contributed by atoms with Crippen LogP contribution in [-0.2, 0) is 14.8 Å². The molecule has 0 radical (unpaired) electrons. The van der Waals surface area contributed by atoms with E-state index in [1.807, 2.05) is 6.07 Å². The molecule has 1 aromatic heterocycles. The molecule has 6 nitrogen and oxygen atoms in total. The van der Waals surface area contributed by atoms with Crippen LogP contribution >= 0.6 is 0 Å². The van der Waals surface area contributed by atoms with Crippen LogP contribution in [0.4, 0.5) is 0 Å². The van der Waals surface area contributed by atoms with Crippen LogP contribution in [0, 0.1) is 63.6 Å². The largest absolute Gasteiger partial charge is 0.281 e. The number of sulfonamides is 1. The zero-order valence-corrected chi connectivity index (χ0v) is 25.1. The van der Waals surface area contributed by atoms with E-state index < -0.39 is 15.9 Å². The van der Waals surface area contributed by atoms with Gasteiger partial charge in [-0.05, 0) is 116 Å². The van der Waals surface area contributed by atoms with Crippen molar-refractivity contribution in [2.45, 2.75) is 110 Å². The van der Waals surface area contributed by atoms with Crippen LogP contribution < -0.4 is 4.72 Å². The third kappa shape index (κ3) is 5.04. The molecule has 7 heteroatoms. The summed E-state index contributed by atoms with van der Waals surface area (Å²) in [4.78, 5) is 16.5. The number of nitrogens with zero attached hydrogens (tertiary/aromatic N) is 2. The molecule has 4 aliphatic rings. The number of fused-ring (bicyclic) bond motifs is 5. The van der Waals surface area contributed by atoms with Gasteiger partial charge in [-0.1, -0.05) is 47.0 Å². The summed E-state index contributed by atoms with van der Waals surface area (Å²) in [6, 6.07) is 4.57. The van der Waals surface area contributed by atoms with Crippen molar-refractivity contribution in [2.24, 2.45) is 52.3 Å². The lowest BCUT2D eigenvalue weighted by Gasteiger charge is -2.63. The molecule has 5 rings (SSSR count). The van der Waals surface area contributed by atoms with E-state index in [1.165, 1.54) is 82.5 Å². The molecule has 0 spiro atoms. The van der Waals surface area contributed by atoms with Crippen LogP contribution in [-0.4, -0.2) is 19.3 Å². The molecule has 1 heterocycles. The Hall–Kier alpha value is -1.94. The highest BCUT2D eigenvalue weighted by atomic mass is 32.2. The number of nitrogens with one attached hydrogen (secondary N) is 1. The molecule has 214 valence electrons. The molecule has 0 saturated heterocycles. The minimum atomic E-state index is -4.04. The average molecular weight is 554 g/mol. The minimum Gasteiger partial charge on any atom is -0.274 e. The van der Waals surface area contributed by atoms with E-state index in [-0.39, 0.29) is 17.0 Å². The molecule has 0 aromatic carbocycles. The second-order valence-electron chi connectivity index (χ2n) is 13.9. The number of rotatable bonds is 7. The van der Waals surface area contributed by atoms with Crippen LogP contribution in [0.3, 0.4) is 0 Å². The van der Waals surface area contributed by atoms with E-state index in [0.29, 0.717) is 29.1 Å². The zero-order chi connectivity index (χ0) is 28.0. The first-order valence-electron chi connectivity index (χ1n) is 15.4. The Morgan fingerprint density at radius 2 is 1.87 bits per heavy atom. The van der Waals surface area contributed by atoms with E-state index in [2.05, 4.69) is 37.4 Å². The maximum atomic E-state index is 12.7. The van der Waals surface area contributed by atoms with Crippen LogP contribution in [0.5, 0.6) is 0 Å². The summed E-state index contributed by atoms with van der Waals surface area (Å²) in [6.07, 6.45) is 15.8. The molecule has 9 atom stereocenters. The number of hydrogen-bond acceptors (Lipinski definition) is 5. The van der Waals surface area contributed by atoms with Gasteiger partial charge in [0.2, 0.25) is 5.91 Å². The van der Waals surface area contributed by atoms with Crippen LogP contribution in [0.15, 0.2) is 23.4 Å². The molecule has 3 unspecified atom stereocenters. The summed E-state index contributed by atoms with van der Waals surface area (Å²) in [6.45, 7) is 9.92. The van der Waals surface area contributed by atoms with Gasteiger partial charge < -0.3 is 0 Å². The lowest BCUT2D eigenvalue weighted by molar-refractivity contribution is -0.138. The van der Waals surface area contributed by atoms with Gasteiger partial charge in [-0.2, -0.15) is 13.7 Å². The molecular weight excluding hydrogens is 506 g/mol. The minimum absolute atomic E-state index is 0.192. The fourth-order valence-electron chi connectivity index (χ4n) is 10.4. The summed E-state index contributed by atoms with van der Waals surface area (Å²) < 4.78 is 27.4. The van der Waals surface area contributed by atoms with Crippen molar-refractivity contribution in [3.8, 4) is 6.07 Å². The van der Waals surface area contributed by atoms with Crippen molar-refractivity contribution < 1.29 is 13.2 Å². The first-order chi connectivity index (χ1) is 18.5. The van der Waals surface area contributed by atoms with Gasteiger partial charge in [0.15, 0.2) is 5.03 Å². The molecule has 4 saturated carbocycles. The van der Waals surface area contributed by atoms with Gasteiger partial charge in [0.1, 0.15) is 6.07 Å². The molecule has 39 heavy (non-hydrogen) atoms. The Bertz CT molecular complexity index is 1210. The normalized spacial score (nSPS) is 38.5. The quantitative estimate of drug-likeness (QED) is 0.398. The molecule has 1 N–H and O–H groups in total. The van der Waals surface area contributed by atoms with Crippen LogP contribution in [0.1, 0.15) is 110 Å². The lowest BCUT2D eigenvalue weighted by atomic mass is 9.42. The number of carbonyl (C=O) groups is 1. The number of carbonyl (C=O) groups excluding carboxylic acids is 1. The summed E-state index contributed by atoms with van der Waals surface area (Å²) in [7, 11) is -4.04. The molecule has 0 aliphatic heterocycles. The highest BCUT2D eigenvalue weighted by molar-refractivity contribution is 7.90. The topological polar surface area (TPSA) is 99.9 Å². The third-order valence-electron chi connectivity index (χ3n) is 12.3. The second kappa shape index (κ2) is 10.8. The summed E-state index contributed by atoms with van der Waals surface area (Å²) in [5.41, 5.74) is 1.13. The Balaban J connectivity index is 1.22. The van der Waals surface area contributed by atoms with E-state index in [4.69, 9.17) is 5.26 Å². The first-order valence-corrected chi connectivity index (χ1v) is 16.9. The zero-order valence-electron chi connectivity index (χ0n) is 24.3.